The van der Waals surface area contributed by atoms with Gasteiger partial charge in [-0.15, -0.1) is 0 Å². The monoisotopic (exact) mass is 866 g/mol. The zero-order valence-electron chi connectivity index (χ0n) is 38.0. The molecule has 14 rings (SSSR count). The molecule has 3 aliphatic carbocycles. The van der Waals surface area contributed by atoms with Crippen LogP contribution in [0.3, 0.4) is 0 Å². The van der Waals surface area contributed by atoms with Gasteiger partial charge in [0, 0.05) is 38.9 Å². The summed E-state index contributed by atoms with van der Waals surface area (Å²) in [4.78, 5) is 4.95. The first kappa shape index (κ1) is 38.8. The highest BCUT2D eigenvalue weighted by Crippen LogP contribution is 2.63. The van der Waals surface area contributed by atoms with Gasteiger partial charge in [-0.2, -0.15) is 0 Å². The smallest absolute Gasteiger partial charge is 0.0726 e. The average Bonchev–Trinajstić information content (AvgIpc) is 3.95. The van der Waals surface area contributed by atoms with Gasteiger partial charge in [0.05, 0.1) is 16.8 Å². The first-order valence-corrected chi connectivity index (χ1v) is 23.8. The molecule has 2 nitrogen and oxygen atoms in total. The van der Waals surface area contributed by atoms with Crippen molar-refractivity contribution in [1.82, 2.24) is 0 Å². The predicted octanol–water partition coefficient (Wildman–Crippen LogP) is 17.6. The van der Waals surface area contributed by atoms with E-state index in [1.54, 1.807) is 0 Å². The van der Waals surface area contributed by atoms with E-state index in [2.05, 4.69) is 266 Å². The van der Waals surface area contributed by atoms with Crippen molar-refractivity contribution in [3.05, 3.63) is 276 Å². The van der Waals surface area contributed by atoms with Gasteiger partial charge < -0.3 is 9.80 Å². The van der Waals surface area contributed by atoms with Crippen LogP contribution in [0.4, 0.5) is 34.1 Å². The predicted molar refractivity (Wildman–Crippen MR) is 285 cm³/mol. The zero-order valence-corrected chi connectivity index (χ0v) is 38.0. The number of hydrogen-bond acceptors (Lipinski definition) is 2. The molecular weight excluding hydrogens is 821 g/mol. The van der Waals surface area contributed by atoms with E-state index in [-0.39, 0.29) is 5.41 Å². The third kappa shape index (κ3) is 5.34. The van der Waals surface area contributed by atoms with Gasteiger partial charge in [-0.1, -0.05) is 196 Å². The standard InChI is InChI=1S/C66H46N2/c1-65(2)60-40-46(67(45-22-4-3-5-23-45)63-32-16-20-43-18-6-8-24-49(43)63)34-37-54(60)55-38-35-47(41-61(55)65)68(64-33-17-21-44-19-7-9-25-50(44)64)48-36-39-56-53-28-12-15-31-59(53)66(62(56)42-48)57-29-13-10-26-51(57)52-27-11-14-30-58(52)66/h3-42H,1-2H3. The highest BCUT2D eigenvalue weighted by Gasteiger charge is 2.51. The van der Waals surface area contributed by atoms with E-state index >= 15 is 0 Å². The number of fused-ring (bicyclic) bond motifs is 15. The quantitative estimate of drug-likeness (QED) is 0.164. The van der Waals surface area contributed by atoms with E-state index in [0.717, 1.165) is 28.4 Å². The van der Waals surface area contributed by atoms with Crippen LogP contribution in [0.5, 0.6) is 0 Å². The molecule has 0 bridgehead atoms. The molecule has 0 N–H and O–H groups in total. The molecule has 0 aliphatic heterocycles. The Hall–Kier alpha value is -8.46. The molecule has 0 aromatic heterocycles. The van der Waals surface area contributed by atoms with Crippen molar-refractivity contribution in [2.24, 2.45) is 0 Å². The van der Waals surface area contributed by atoms with Crippen molar-refractivity contribution < 1.29 is 0 Å². The second kappa shape index (κ2) is 14.5. The molecule has 0 fully saturated rings. The van der Waals surface area contributed by atoms with Crippen molar-refractivity contribution in [2.45, 2.75) is 24.7 Å². The topological polar surface area (TPSA) is 6.48 Å². The van der Waals surface area contributed by atoms with Gasteiger partial charge in [0.15, 0.2) is 0 Å². The van der Waals surface area contributed by atoms with Gasteiger partial charge >= 0.3 is 0 Å². The second-order valence-electron chi connectivity index (χ2n) is 19.2. The van der Waals surface area contributed by atoms with E-state index in [1.807, 2.05) is 0 Å². The van der Waals surface area contributed by atoms with Crippen LogP contribution in [0.15, 0.2) is 243 Å². The van der Waals surface area contributed by atoms with Gasteiger partial charge in [-0.05, 0) is 138 Å². The first-order chi connectivity index (χ1) is 33.5. The minimum absolute atomic E-state index is 0.289. The number of hydrogen-bond donors (Lipinski definition) is 0. The normalized spacial score (nSPS) is 14.0. The summed E-state index contributed by atoms with van der Waals surface area (Å²) in [5.41, 5.74) is 22.0. The second-order valence-corrected chi connectivity index (χ2v) is 19.2. The lowest BCUT2D eigenvalue weighted by atomic mass is 9.70. The lowest BCUT2D eigenvalue weighted by Gasteiger charge is -2.33. The van der Waals surface area contributed by atoms with Crippen LogP contribution in [-0.2, 0) is 10.8 Å². The van der Waals surface area contributed by atoms with E-state index in [9.17, 15) is 0 Å². The highest BCUT2D eigenvalue weighted by atomic mass is 15.2. The van der Waals surface area contributed by atoms with E-state index in [0.29, 0.717) is 0 Å². The maximum Gasteiger partial charge on any atom is 0.0726 e. The number of anilines is 6. The summed E-state index contributed by atoms with van der Waals surface area (Å²) in [6, 6.07) is 90.5. The van der Waals surface area contributed by atoms with Crippen molar-refractivity contribution in [2.75, 3.05) is 9.80 Å². The minimum atomic E-state index is -0.446. The van der Waals surface area contributed by atoms with Crippen LogP contribution in [0.2, 0.25) is 0 Å². The Morgan fingerprint density at radius 2 is 0.618 bits per heavy atom. The molecule has 1 spiro atoms. The Morgan fingerprint density at radius 1 is 0.265 bits per heavy atom. The molecule has 11 aromatic rings. The Balaban J connectivity index is 0.954. The Morgan fingerprint density at radius 3 is 1.10 bits per heavy atom. The summed E-state index contributed by atoms with van der Waals surface area (Å²) in [6.45, 7) is 4.81. The molecule has 2 heteroatoms. The lowest BCUT2D eigenvalue weighted by Crippen LogP contribution is -2.26. The minimum Gasteiger partial charge on any atom is -0.310 e. The van der Waals surface area contributed by atoms with E-state index in [1.165, 1.54) is 94.0 Å². The zero-order chi connectivity index (χ0) is 45.1. The maximum absolute atomic E-state index is 2.52. The number of benzene rings is 11. The molecule has 3 aliphatic rings. The Labute approximate surface area is 397 Å². The molecular formula is C66H46N2. The number of rotatable bonds is 6. The maximum atomic E-state index is 2.52. The molecule has 0 amide bonds. The van der Waals surface area contributed by atoms with Crippen LogP contribution < -0.4 is 9.80 Å². The summed E-state index contributed by atoms with van der Waals surface area (Å²) in [5, 5.41) is 4.88. The van der Waals surface area contributed by atoms with Gasteiger partial charge in [0.1, 0.15) is 0 Å². The van der Waals surface area contributed by atoms with Crippen LogP contribution in [-0.4, -0.2) is 0 Å². The Bertz CT molecular complexity index is 3790. The molecule has 11 aromatic carbocycles. The molecule has 0 saturated heterocycles. The van der Waals surface area contributed by atoms with Gasteiger partial charge in [0.25, 0.3) is 0 Å². The summed E-state index contributed by atoms with van der Waals surface area (Å²) >= 11 is 0. The van der Waals surface area contributed by atoms with Gasteiger partial charge in [-0.25, -0.2) is 0 Å². The molecule has 68 heavy (non-hydrogen) atoms. The largest absolute Gasteiger partial charge is 0.310 e. The van der Waals surface area contributed by atoms with Crippen LogP contribution >= 0.6 is 0 Å². The SMILES string of the molecule is CC1(C)c2cc(N(c3ccccc3)c3cccc4ccccc34)ccc2-c2ccc(N(c3ccc4c(c3)C3(c5ccccc5-c5ccccc53)c3ccccc3-4)c3cccc4ccccc34)cc21. The molecule has 0 saturated carbocycles. The number of para-hydroxylation sites is 1. The summed E-state index contributed by atoms with van der Waals surface area (Å²) < 4.78 is 0. The molecule has 0 heterocycles. The van der Waals surface area contributed by atoms with Crippen molar-refractivity contribution in [3.63, 3.8) is 0 Å². The average molecular weight is 867 g/mol. The Kier molecular flexibility index (Phi) is 8.28. The third-order valence-corrected chi connectivity index (χ3v) is 15.4. The number of nitrogens with zero attached hydrogens (tertiary/aromatic N) is 2. The van der Waals surface area contributed by atoms with Crippen LogP contribution in [0.25, 0.3) is 54.9 Å². The molecule has 0 atom stereocenters. The van der Waals surface area contributed by atoms with Crippen LogP contribution in [0, 0.1) is 0 Å². The fraction of sp³-hybridized carbons (Fsp3) is 0.0606. The fourth-order valence-electron chi connectivity index (χ4n) is 12.5. The molecule has 0 radical (unpaired) electrons. The summed E-state index contributed by atoms with van der Waals surface area (Å²) in [5.74, 6) is 0. The van der Waals surface area contributed by atoms with E-state index in [4.69, 9.17) is 0 Å². The first-order valence-electron chi connectivity index (χ1n) is 23.8. The molecule has 320 valence electrons. The van der Waals surface area contributed by atoms with Crippen molar-refractivity contribution in [1.29, 1.82) is 0 Å². The van der Waals surface area contributed by atoms with Crippen molar-refractivity contribution in [3.8, 4) is 33.4 Å². The fourth-order valence-corrected chi connectivity index (χ4v) is 12.5. The highest BCUT2D eigenvalue weighted by molar-refractivity contribution is 6.02. The summed E-state index contributed by atoms with van der Waals surface area (Å²) in [7, 11) is 0. The van der Waals surface area contributed by atoms with Gasteiger partial charge in [0.2, 0.25) is 0 Å². The van der Waals surface area contributed by atoms with E-state index < -0.39 is 5.41 Å². The third-order valence-electron chi connectivity index (χ3n) is 15.4. The lowest BCUT2D eigenvalue weighted by molar-refractivity contribution is 0.660. The van der Waals surface area contributed by atoms with Crippen molar-refractivity contribution >= 4 is 55.7 Å². The summed E-state index contributed by atoms with van der Waals surface area (Å²) in [6.07, 6.45) is 0. The van der Waals surface area contributed by atoms with Crippen LogP contribution in [0.1, 0.15) is 47.2 Å². The van der Waals surface area contributed by atoms with Gasteiger partial charge in [-0.3, -0.25) is 0 Å². The molecule has 0 unspecified atom stereocenters.